The molecule has 2 spiro atoms. The van der Waals surface area contributed by atoms with E-state index < -0.39 is 55.3 Å². The molecule has 326 valence electrons. The van der Waals surface area contributed by atoms with E-state index >= 15 is 0 Å². The number of likely N-dealkylation sites (tertiary alicyclic amines) is 2. The summed E-state index contributed by atoms with van der Waals surface area (Å²) in [5.41, 5.74) is 0.872. The molecule has 4 saturated heterocycles. The average molecular weight is 881 g/mol. The highest BCUT2D eigenvalue weighted by molar-refractivity contribution is 7.91. The van der Waals surface area contributed by atoms with Gasteiger partial charge in [-0.25, -0.2) is 22.7 Å². The summed E-state index contributed by atoms with van der Waals surface area (Å²) in [5.74, 6) is -0.993. The Morgan fingerprint density at radius 3 is 1.61 bits per heavy atom. The van der Waals surface area contributed by atoms with Gasteiger partial charge in [0.25, 0.3) is 0 Å². The molecule has 8 rings (SSSR count). The number of anilines is 2. The highest BCUT2D eigenvalue weighted by Crippen LogP contribution is 2.44. The molecule has 4 aromatic rings. The van der Waals surface area contributed by atoms with Gasteiger partial charge in [0.2, 0.25) is 0 Å². The summed E-state index contributed by atoms with van der Waals surface area (Å²) in [6, 6.07) is 29.6. The van der Waals surface area contributed by atoms with Crippen molar-refractivity contribution in [2.45, 2.75) is 75.9 Å². The molecule has 0 aliphatic carbocycles. The van der Waals surface area contributed by atoms with Gasteiger partial charge in [0.15, 0.2) is 0 Å². The first-order valence-corrected chi connectivity index (χ1v) is 22.9. The Balaban J connectivity index is 0.000000184. The molecule has 0 saturated carbocycles. The minimum absolute atomic E-state index is 0.180. The second-order valence-corrected chi connectivity index (χ2v) is 19.6. The zero-order valence-electron chi connectivity index (χ0n) is 34.2. The van der Waals surface area contributed by atoms with Crippen molar-refractivity contribution in [3.05, 3.63) is 132 Å². The van der Waals surface area contributed by atoms with E-state index in [-0.39, 0.29) is 44.1 Å². The fourth-order valence-electron chi connectivity index (χ4n) is 9.03. The molecular formula is C43H50F2N6O8S2. The fraction of sp³-hybridized carbons (Fsp3) is 0.395. The van der Waals surface area contributed by atoms with Gasteiger partial charge in [-0.05, 0) is 87.1 Å². The molecule has 4 aromatic carbocycles. The van der Waals surface area contributed by atoms with Gasteiger partial charge in [0, 0.05) is 45.3 Å². The normalized spacial score (nSPS) is 25.6. The van der Waals surface area contributed by atoms with E-state index in [2.05, 4.69) is 4.72 Å². The Morgan fingerprint density at radius 2 is 1.13 bits per heavy atom. The summed E-state index contributed by atoms with van der Waals surface area (Å²) in [4.78, 5) is 28.6. The third-order valence-corrected chi connectivity index (χ3v) is 15.4. The molecule has 4 fully saturated rings. The molecule has 1 N–H and O–H groups in total. The lowest BCUT2D eigenvalue weighted by Gasteiger charge is -2.46. The lowest BCUT2D eigenvalue weighted by molar-refractivity contribution is 0.0567. The van der Waals surface area contributed by atoms with Crippen molar-refractivity contribution in [2.75, 3.05) is 41.8 Å². The van der Waals surface area contributed by atoms with Crippen LogP contribution in [0.4, 0.5) is 29.7 Å². The monoisotopic (exact) mass is 880 g/mol. The average Bonchev–Trinajstić information content (AvgIpc) is 3.59. The number of rotatable bonds is 6. The first-order chi connectivity index (χ1) is 29.0. The number of carbonyl (C=O) groups excluding carboxylic acids is 2. The van der Waals surface area contributed by atoms with E-state index in [4.69, 9.17) is 9.47 Å². The minimum Gasteiger partial charge on any atom is -0.445 e. The zero-order valence-corrected chi connectivity index (χ0v) is 35.8. The molecule has 61 heavy (non-hydrogen) atoms. The van der Waals surface area contributed by atoms with Gasteiger partial charge in [0.05, 0.1) is 22.5 Å². The second-order valence-electron chi connectivity index (χ2n) is 16.1. The van der Waals surface area contributed by atoms with E-state index in [0.29, 0.717) is 44.5 Å². The lowest BCUT2D eigenvalue weighted by Crippen LogP contribution is -2.58. The summed E-state index contributed by atoms with van der Waals surface area (Å²) >= 11 is 0. The number of hydrogen-bond donors (Lipinski definition) is 1. The Hall–Kier alpha value is -5.30. The van der Waals surface area contributed by atoms with E-state index in [1.807, 2.05) is 74.5 Å². The summed E-state index contributed by atoms with van der Waals surface area (Å²) < 4.78 is 96.7. The standard InChI is InChI=1S/C22H26FN3O4S.C21H24FN3O4S/c1-17-14-22(11-12-25(17)21(27)30-15-18-7-4-3-5-8-18)16-24(2)31(28,29)26(22)20-10-6-9-19(23)13-20;1-16-13-21(10-11-24(16)20(26)29-14-17-6-3-2-4-7-17)15-23-30(27,28)25(21)19-9-5-8-18(22)12-19/h3-10,13,17H,11-12,14-16H2,1-2H3;2-9,12,16,23H,10-11,13-15H2,1H3/t17-,22+;16-,21+/m00/s1. The number of ether oxygens (including phenoxy) is 2. The molecule has 2 amide bonds. The van der Waals surface area contributed by atoms with Crippen LogP contribution in [0.1, 0.15) is 50.7 Å². The van der Waals surface area contributed by atoms with Gasteiger partial charge < -0.3 is 19.3 Å². The molecule has 4 aliphatic rings. The quantitative estimate of drug-likeness (QED) is 0.233. The molecular weight excluding hydrogens is 831 g/mol. The third-order valence-electron chi connectivity index (χ3n) is 11.8. The minimum atomic E-state index is -3.79. The topological polar surface area (TPSA) is 149 Å². The van der Waals surface area contributed by atoms with Crippen LogP contribution in [0, 0.1) is 11.6 Å². The van der Waals surface area contributed by atoms with Crippen molar-refractivity contribution < 1.29 is 44.7 Å². The highest BCUT2D eigenvalue weighted by Gasteiger charge is 2.56. The lowest BCUT2D eigenvalue weighted by atomic mass is 9.83. The van der Waals surface area contributed by atoms with Crippen LogP contribution >= 0.6 is 0 Å². The van der Waals surface area contributed by atoms with Crippen LogP contribution in [-0.2, 0) is 43.1 Å². The first kappa shape index (κ1) is 43.8. The van der Waals surface area contributed by atoms with E-state index in [1.165, 1.54) is 56.4 Å². The first-order valence-electron chi connectivity index (χ1n) is 20.1. The summed E-state index contributed by atoms with van der Waals surface area (Å²) in [7, 11) is -6.05. The maximum Gasteiger partial charge on any atom is 0.410 e. The van der Waals surface area contributed by atoms with Gasteiger partial charge in [-0.15, -0.1) is 0 Å². The number of amides is 2. The SMILES string of the molecule is C[C@H]1C[C@]2(CCN1C(=O)OCc1ccccc1)CN(C)S(=O)(=O)N2c1cccc(F)c1.C[C@H]1C[C@]2(CCN1C(=O)OCc1ccccc1)CNS(=O)(=O)N2c1cccc(F)c1. The van der Waals surface area contributed by atoms with Crippen molar-refractivity contribution >= 4 is 44.0 Å². The van der Waals surface area contributed by atoms with Crippen LogP contribution in [0.5, 0.6) is 0 Å². The molecule has 14 nitrogen and oxygen atoms in total. The van der Waals surface area contributed by atoms with Crippen molar-refractivity contribution in [3.63, 3.8) is 0 Å². The van der Waals surface area contributed by atoms with Gasteiger partial charge >= 0.3 is 32.6 Å². The summed E-state index contributed by atoms with van der Waals surface area (Å²) in [5, 5.41) is 0. The molecule has 4 atom stereocenters. The van der Waals surface area contributed by atoms with Gasteiger partial charge in [-0.1, -0.05) is 72.8 Å². The number of halogens is 2. The van der Waals surface area contributed by atoms with Crippen LogP contribution in [0.15, 0.2) is 109 Å². The number of nitrogens with zero attached hydrogens (tertiary/aromatic N) is 5. The molecule has 4 heterocycles. The van der Waals surface area contributed by atoms with Crippen molar-refractivity contribution in [2.24, 2.45) is 0 Å². The van der Waals surface area contributed by atoms with E-state index in [9.17, 15) is 35.2 Å². The van der Waals surface area contributed by atoms with Crippen LogP contribution in [0.2, 0.25) is 0 Å². The number of likely N-dealkylation sites (N-methyl/N-ethyl adjacent to an activating group) is 1. The van der Waals surface area contributed by atoms with E-state index in [1.54, 1.807) is 21.9 Å². The maximum absolute atomic E-state index is 13.9. The number of carbonyl (C=O) groups is 2. The Morgan fingerprint density at radius 1 is 0.672 bits per heavy atom. The molecule has 0 bridgehead atoms. The summed E-state index contributed by atoms with van der Waals surface area (Å²) in [6.07, 6.45) is 0.840. The Labute approximate surface area is 356 Å². The molecule has 18 heteroatoms. The number of piperidine rings is 2. The third kappa shape index (κ3) is 9.17. The van der Waals surface area contributed by atoms with Crippen molar-refractivity contribution in [3.8, 4) is 0 Å². The van der Waals surface area contributed by atoms with Gasteiger partial charge in [-0.3, -0.25) is 4.31 Å². The Kier molecular flexibility index (Phi) is 12.6. The van der Waals surface area contributed by atoms with Crippen molar-refractivity contribution in [1.82, 2.24) is 18.8 Å². The largest absolute Gasteiger partial charge is 0.445 e. The number of hydrogen-bond acceptors (Lipinski definition) is 8. The highest BCUT2D eigenvalue weighted by atomic mass is 32.2. The zero-order chi connectivity index (χ0) is 43.6. The van der Waals surface area contributed by atoms with Crippen LogP contribution in [0.25, 0.3) is 0 Å². The second kappa shape index (κ2) is 17.6. The van der Waals surface area contributed by atoms with E-state index in [0.717, 1.165) is 11.1 Å². The van der Waals surface area contributed by atoms with Crippen LogP contribution in [-0.4, -0.2) is 99.5 Å². The van der Waals surface area contributed by atoms with Crippen LogP contribution in [0.3, 0.4) is 0 Å². The van der Waals surface area contributed by atoms with Crippen molar-refractivity contribution in [1.29, 1.82) is 0 Å². The fourth-order valence-corrected chi connectivity index (χ4v) is 12.5. The van der Waals surface area contributed by atoms with Crippen LogP contribution < -0.4 is 13.3 Å². The Bertz CT molecular complexity index is 2440. The predicted molar refractivity (Wildman–Crippen MR) is 226 cm³/mol. The molecule has 0 aromatic heterocycles. The molecule has 0 radical (unpaired) electrons. The van der Waals surface area contributed by atoms with Gasteiger partial charge in [-0.2, -0.15) is 25.9 Å². The summed E-state index contributed by atoms with van der Waals surface area (Å²) in [6.45, 7) is 5.31. The number of nitrogens with one attached hydrogen (secondary N) is 1. The number of benzene rings is 4. The smallest absolute Gasteiger partial charge is 0.410 e. The van der Waals surface area contributed by atoms with Gasteiger partial charge in [0.1, 0.15) is 24.8 Å². The molecule has 0 unspecified atom stereocenters. The predicted octanol–water partition coefficient (Wildman–Crippen LogP) is 6.42. The molecule has 4 aliphatic heterocycles. The maximum atomic E-state index is 13.9.